The van der Waals surface area contributed by atoms with Crippen LogP contribution in [0.4, 0.5) is 5.69 Å². The predicted molar refractivity (Wildman–Crippen MR) is 72.2 cm³/mol. The molecule has 6 heteroatoms. The molecular weight excluding hydrogens is 262 g/mol. The fraction of sp³-hybridized carbons (Fsp3) is 0.429. The number of nitrogens with zero attached hydrogens (tertiary/aromatic N) is 1. The standard InChI is InChI=1S/C14H17NO5/c1-14(2,3)12(16)9-20-13(17)8-10-4-6-11(7-5-10)15(18)19/h4-7H,8-9H2,1-3H3. The van der Waals surface area contributed by atoms with E-state index in [2.05, 4.69) is 0 Å². The van der Waals surface area contributed by atoms with Gasteiger partial charge in [0.15, 0.2) is 12.4 Å². The van der Waals surface area contributed by atoms with E-state index in [-0.39, 0.29) is 24.5 Å². The minimum absolute atomic E-state index is 0.0184. The minimum Gasteiger partial charge on any atom is -0.457 e. The molecule has 0 amide bonds. The number of hydrogen-bond acceptors (Lipinski definition) is 5. The number of Topliss-reactive ketones (excluding diaryl/α,β-unsaturated/α-hetero) is 1. The highest BCUT2D eigenvalue weighted by Gasteiger charge is 2.22. The topological polar surface area (TPSA) is 86.5 Å². The van der Waals surface area contributed by atoms with E-state index in [1.165, 1.54) is 24.3 Å². The second-order valence-electron chi connectivity index (χ2n) is 5.43. The highest BCUT2D eigenvalue weighted by molar-refractivity contribution is 5.86. The molecule has 0 spiro atoms. The largest absolute Gasteiger partial charge is 0.457 e. The van der Waals surface area contributed by atoms with Gasteiger partial charge in [-0.15, -0.1) is 0 Å². The van der Waals surface area contributed by atoms with Gasteiger partial charge in [-0.1, -0.05) is 32.9 Å². The number of hydrogen-bond donors (Lipinski definition) is 0. The second kappa shape index (κ2) is 6.27. The molecule has 0 saturated carbocycles. The van der Waals surface area contributed by atoms with Gasteiger partial charge in [0, 0.05) is 17.5 Å². The Labute approximate surface area is 116 Å². The number of ether oxygens (including phenoxy) is 1. The van der Waals surface area contributed by atoms with E-state index in [0.29, 0.717) is 5.56 Å². The van der Waals surface area contributed by atoms with E-state index in [9.17, 15) is 19.7 Å². The third kappa shape index (κ3) is 4.79. The summed E-state index contributed by atoms with van der Waals surface area (Å²) < 4.78 is 4.89. The number of benzene rings is 1. The lowest BCUT2D eigenvalue weighted by Gasteiger charge is -2.16. The van der Waals surface area contributed by atoms with Crippen molar-refractivity contribution in [2.75, 3.05) is 6.61 Å². The molecule has 0 aliphatic heterocycles. The highest BCUT2D eigenvalue weighted by Crippen LogP contribution is 2.15. The van der Waals surface area contributed by atoms with E-state index >= 15 is 0 Å². The Kier molecular flexibility index (Phi) is 4.96. The summed E-state index contributed by atoms with van der Waals surface area (Å²) in [6.45, 7) is 4.99. The molecule has 0 radical (unpaired) electrons. The molecule has 0 aliphatic carbocycles. The number of non-ortho nitro benzene ring substituents is 1. The first kappa shape index (κ1) is 15.8. The summed E-state index contributed by atoms with van der Waals surface area (Å²) >= 11 is 0. The molecule has 0 heterocycles. The van der Waals surface area contributed by atoms with Gasteiger partial charge in [-0.05, 0) is 5.56 Å². The van der Waals surface area contributed by atoms with Gasteiger partial charge in [0.1, 0.15) is 0 Å². The van der Waals surface area contributed by atoms with E-state index in [1.54, 1.807) is 20.8 Å². The van der Waals surface area contributed by atoms with Crippen LogP contribution in [-0.2, 0) is 20.7 Å². The van der Waals surface area contributed by atoms with Gasteiger partial charge in [-0.3, -0.25) is 19.7 Å². The number of nitro groups is 1. The quantitative estimate of drug-likeness (QED) is 0.469. The number of carbonyl (C=O) groups excluding carboxylic acids is 2. The molecule has 0 unspecified atom stereocenters. The molecule has 0 fully saturated rings. The maximum atomic E-state index is 11.6. The van der Waals surface area contributed by atoms with Crippen LogP contribution in [0.3, 0.4) is 0 Å². The molecule has 0 aliphatic rings. The maximum absolute atomic E-state index is 11.6. The van der Waals surface area contributed by atoms with Crippen LogP contribution in [0.2, 0.25) is 0 Å². The zero-order valence-corrected chi connectivity index (χ0v) is 11.7. The van der Waals surface area contributed by atoms with Crippen molar-refractivity contribution in [3.63, 3.8) is 0 Å². The van der Waals surface area contributed by atoms with Crippen LogP contribution in [0.15, 0.2) is 24.3 Å². The lowest BCUT2D eigenvalue weighted by atomic mass is 9.91. The molecule has 20 heavy (non-hydrogen) atoms. The molecule has 0 N–H and O–H groups in total. The Morgan fingerprint density at radius 1 is 1.20 bits per heavy atom. The second-order valence-corrected chi connectivity index (χ2v) is 5.43. The van der Waals surface area contributed by atoms with Crippen molar-refractivity contribution < 1.29 is 19.2 Å². The van der Waals surface area contributed by atoms with Crippen LogP contribution < -0.4 is 0 Å². The van der Waals surface area contributed by atoms with Crippen molar-refractivity contribution in [2.24, 2.45) is 5.41 Å². The van der Waals surface area contributed by atoms with Crippen molar-refractivity contribution in [2.45, 2.75) is 27.2 Å². The van der Waals surface area contributed by atoms with Gasteiger partial charge >= 0.3 is 5.97 Å². The average molecular weight is 279 g/mol. The van der Waals surface area contributed by atoms with Crippen LogP contribution >= 0.6 is 0 Å². The normalized spacial score (nSPS) is 10.9. The number of rotatable bonds is 5. The predicted octanol–water partition coefficient (Wildman–Crippen LogP) is 2.30. The average Bonchev–Trinajstić information content (AvgIpc) is 2.35. The third-order valence-electron chi connectivity index (χ3n) is 2.70. The summed E-state index contributed by atoms with van der Waals surface area (Å²) in [5, 5.41) is 10.5. The van der Waals surface area contributed by atoms with E-state index < -0.39 is 16.3 Å². The van der Waals surface area contributed by atoms with Gasteiger partial charge in [0.05, 0.1) is 11.3 Å². The molecule has 0 aromatic heterocycles. The van der Waals surface area contributed by atoms with Crippen LogP contribution in [0.1, 0.15) is 26.3 Å². The molecule has 1 rings (SSSR count). The van der Waals surface area contributed by atoms with Crippen molar-refractivity contribution >= 4 is 17.4 Å². The molecular formula is C14H17NO5. The summed E-state index contributed by atoms with van der Waals surface area (Å²) in [4.78, 5) is 33.1. The Morgan fingerprint density at radius 2 is 1.75 bits per heavy atom. The Bertz CT molecular complexity index is 513. The lowest BCUT2D eigenvalue weighted by molar-refractivity contribution is -0.384. The summed E-state index contributed by atoms with van der Waals surface area (Å²) in [5.74, 6) is -0.689. The molecule has 1 aromatic rings. The third-order valence-corrected chi connectivity index (χ3v) is 2.70. The van der Waals surface area contributed by atoms with Crippen molar-refractivity contribution in [1.29, 1.82) is 0 Å². The molecule has 6 nitrogen and oxygen atoms in total. The number of nitro benzene ring substituents is 1. The van der Waals surface area contributed by atoms with Crippen molar-refractivity contribution in [3.05, 3.63) is 39.9 Å². The first-order chi connectivity index (χ1) is 9.20. The Balaban J connectivity index is 2.51. The SMILES string of the molecule is CC(C)(C)C(=O)COC(=O)Cc1ccc([N+](=O)[O-])cc1. The summed E-state index contributed by atoms with van der Waals surface area (Å²) in [7, 11) is 0. The summed E-state index contributed by atoms with van der Waals surface area (Å²) in [6.07, 6.45) is -0.0184. The fourth-order valence-electron chi connectivity index (χ4n) is 1.32. The number of ketones is 1. The summed E-state index contributed by atoms with van der Waals surface area (Å²) in [6, 6.07) is 5.63. The van der Waals surface area contributed by atoms with E-state index in [4.69, 9.17) is 4.74 Å². The van der Waals surface area contributed by atoms with E-state index in [1.807, 2.05) is 0 Å². The van der Waals surface area contributed by atoms with Crippen LogP contribution in [-0.4, -0.2) is 23.3 Å². The zero-order valence-electron chi connectivity index (χ0n) is 11.7. The molecule has 1 aromatic carbocycles. The highest BCUT2D eigenvalue weighted by atomic mass is 16.6. The van der Waals surface area contributed by atoms with Gasteiger partial charge in [-0.2, -0.15) is 0 Å². The molecule has 108 valence electrons. The first-order valence-corrected chi connectivity index (χ1v) is 6.12. The Hall–Kier alpha value is -2.24. The van der Waals surface area contributed by atoms with E-state index in [0.717, 1.165) is 0 Å². The van der Waals surface area contributed by atoms with Crippen LogP contribution in [0, 0.1) is 15.5 Å². The maximum Gasteiger partial charge on any atom is 0.310 e. The number of esters is 1. The van der Waals surface area contributed by atoms with Crippen LogP contribution in [0.5, 0.6) is 0 Å². The summed E-state index contributed by atoms with van der Waals surface area (Å²) in [5.41, 5.74) is 0.0158. The molecule has 0 saturated heterocycles. The fourth-order valence-corrected chi connectivity index (χ4v) is 1.32. The van der Waals surface area contributed by atoms with Gasteiger partial charge in [-0.25, -0.2) is 0 Å². The minimum atomic E-state index is -0.548. The van der Waals surface area contributed by atoms with Gasteiger partial charge in [0.2, 0.25) is 0 Å². The first-order valence-electron chi connectivity index (χ1n) is 6.12. The molecule has 0 bridgehead atoms. The smallest absolute Gasteiger partial charge is 0.310 e. The number of carbonyl (C=O) groups is 2. The monoisotopic (exact) mass is 279 g/mol. The zero-order chi connectivity index (χ0) is 15.3. The van der Waals surface area contributed by atoms with Gasteiger partial charge < -0.3 is 4.74 Å². The molecule has 0 atom stereocenters. The van der Waals surface area contributed by atoms with Crippen molar-refractivity contribution in [3.8, 4) is 0 Å². The van der Waals surface area contributed by atoms with Crippen molar-refractivity contribution in [1.82, 2.24) is 0 Å². The van der Waals surface area contributed by atoms with Crippen LogP contribution in [0.25, 0.3) is 0 Å². The lowest BCUT2D eigenvalue weighted by Crippen LogP contribution is -2.26. The van der Waals surface area contributed by atoms with Gasteiger partial charge in [0.25, 0.3) is 5.69 Å². The Morgan fingerprint density at radius 3 is 2.20 bits per heavy atom.